The van der Waals surface area contributed by atoms with Crippen molar-refractivity contribution in [1.82, 2.24) is 5.32 Å². The van der Waals surface area contributed by atoms with Gasteiger partial charge in [0.2, 0.25) is 0 Å². The normalized spacial score (nSPS) is 22.2. The molecule has 1 aromatic carbocycles. The lowest BCUT2D eigenvalue weighted by Crippen LogP contribution is -2.40. The van der Waals surface area contributed by atoms with E-state index in [9.17, 15) is 0 Å². The van der Waals surface area contributed by atoms with Gasteiger partial charge in [-0.1, -0.05) is 29.8 Å². The summed E-state index contributed by atoms with van der Waals surface area (Å²) in [7, 11) is 1.75. The molecule has 2 nitrogen and oxygen atoms in total. The number of hydrogen-bond acceptors (Lipinski definition) is 2. The highest BCUT2D eigenvalue weighted by Gasteiger charge is 2.31. The van der Waals surface area contributed by atoms with Crippen LogP contribution in [-0.4, -0.2) is 19.7 Å². The van der Waals surface area contributed by atoms with E-state index in [1.165, 1.54) is 24.0 Å². The van der Waals surface area contributed by atoms with Gasteiger partial charge < -0.3 is 10.1 Å². The first-order chi connectivity index (χ1) is 8.70. The van der Waals surface area contributed by atoms with Crippen LogP contribution in [0.2, 0.25) is 0 Å². The van der Waals surface area contributed by atoms with Crippen molar-refractivity contribution in [2.24, 2.45) is 0 Å². The van der Waals surface area contributed by atoms with Crippen LogP contribution in [0.1, 0.15) is 38.2 Å². The summed E-state index contributed by atoms with van der Waals surface area (Å²) >= 11 is 0. The number of allylic oxidation sites excluding steroid dienone is 1. The monoisotopic (exact) mass is 245 g/mol. The van der Waals surface area contributed by atoms with E-state index in [2.05, 4.69) is 43.4 Å². The fraction of sp³-hybridized carbons (Fsp3) is 0.500. The van der Waals surface area contributed by atoms with Gasteiger partial charge in [-0.15, -0.1) is 0 Å². The fourth-order valence-electron chi connectivity index (χ4n) is 2.47. The first-order valence-corrected chi connectivity index (χ1v) is 6.70. The second kappa shape index (κ2) is 6.05. The van der Waals surface area contributed by atoms with Crippen LogP contribution in [0.3, 0.4) is 0 Å². The maximum Gasteiger partial charge on any atom is 0.122 e. The quantitative estimate of drug-likeness (QED) is 0.802. The van der Waals surface area contributed by atoms with Gasteiger partial charge in [-0.05, 0) is 44.2 Å². The Morgan fingerprint density at radius 3 is 2.72 bits per heavy atom. The second-order valence-electron chi connectivity index (χ2n) is 5.30. The summed E-state index contributed by atoms with van der Waals surface area (Å²) in [6, 6.07) is 9.04. The van der Waals surface area contributed by atoms with E-state index < -0.39 is 0 Å². The van der Waals surface area contributed by atoms with Gasteiger partial charge in [0.05, 0.1) is 7.11 Å². The number of ether oxygens (including phenoxy) is 1. The lowest BCUT2D eigenvalue weighted by Gasteiger charge is -2.36. The zero-order valence-electron chi connectivity index (χ0n) is 11.6. The average Bonchev–Trinajstić information content (AvgIpc) is 2.32. The smallest absolute Gasteiger partial charge is 0.122 e. The maximum atomic E-state index is 5.42. The molecule has 1 aliphatic rings. The molecule has 2 heteroatoms. The summed E-state index contributed by atoms with van der Waals surface area (Å²) in [4.78, 5) is 0. The van der Waals surface area contributed by atoms with Gasteiger partial charge >= 0.3 is 0 Å². The molecule has 0 spiro atoms. The number of benzene rings is 1. The molecule has 0 bridgehead atoms. The molecule has 1 aliphatic carbocycles. The molecular weight excluding hydrogens is 222 g/mol. The van der Waals surface area contributed by atoms with Crippen molar-refractivity contribution in [2.45, 2.75) is 38.6 Å². The van der Waals surface area contributed by atoms with E-state index in [0.29, 0.717) is 12.0 Å². The van der Waals surface area contributed by atoms with Crippen LogP contribution in [0.25, 0.3) is 0 Å². The Morgan fingerprint density at radius 2 is 2.06 bits per heavy atom. The highest BCUT2D eigenvalue weighted by Crippen LogP contribution is 2.40. The van der Waals surface area contributed by atoms with E-state index in [4.69, 9.17) is 4.74 Å². The lowest BCUT2D eigenvalue weighted by atomic mass is 9.75. The Morgan fingerprint density at radius 1 is 1.33 bits per heavy atom. The van der Waals surface area contributed by atoms with Crippen LogP contribution in [0.15, 0.2) is 35.9 Å². The summed E-state index contributed by atoms with van der Waals surface area (Å²) in [5.41, 5.74) is 2.74. The van der Waals surface area contributed by atoms with Crippen LogP contribution in [0.5, 0.6) is 5.75 Å². The van der Waals surface area contributed by atoms with Crippen LogP contribution >= 0.6 is 0 Å². The van der Waals surface area contributed by atoms with E-state index in [1.807, 2.05) is 6.07 Å². The minimum absolute atomic E-state index is 0.658. The zero-order chi connectivity index (χ0) is 13.0. The topological polar surface area (TPSA) is 21.3 Å². The predicted molar refractivity (Wildman–Crippen MR) is 76.2 cm³/mol. The highest BCUT2D eigenvalue weighted by molar-refractivity contribution is 5.37. The molecule has 1 N–H and O–H groups in total. The Hall–Kier alpha value is -1.28. The Balaban J connectivity index is 1.83. The number of rotatable bonds is 5. The maximum absolute atomic E-state index is 5.42. The van der Waals surface area contributed by atoms with Gasteiger partial charge in [0.25, 0.3) is 0 Å². The summed E-state index contributed by atoms with van der Waals surface area (Å²) < 4.78 is 5.42. The SMILES string of the molecule is COc1ccccc1C1CC(NCC=C(C)C)C1. The van der Waals surface area contributed by atoms with Crippen LogP contribution in [0, 0.1) is 0 Å². The molecule has 1 fully saturated rings. The van der Waals surface area contributed by atoms with Crippen molar-refractivity contribution < 1.29 is 4.74 Å². The largest absolute Gasteiger partial charge is 0.496 e. The third kappa shape index (κ3) is 3.14. The number of para-hydroxylation sites is 1. The van der Waals surface area contributed by atoms with E-state index in [1.54, 1.807) is 7.11 Å². The Kier molecular flexibility index (Phi) is 4.43. The van der Waals surface area contributed by atoms with Gasteiger partial charge in [0.1, 0.15) is 5.75 Å². The molecule has 0 aromatic heterocycles. The molecule has 0 amide bonds. The number of hydrogen-bond donors (Lipinski definition) is 1. The molecule has 0 unspecified atom stereocenters. The molecule has 0 atom stereocenters. The molecule has 0 radical (unpaired) electrons. The molecule has 0 aliphatic heterocycles. The molecule has 18 heavy (non-hydrogen) atoms. The van der Waals surface area contributed by atoms with E-state index in [0.717, 1.165) is 12.3 Å². The summed E-state index contributed by atoms with van der Waals surface area (Å²) in [5, 5.41) is 3.57. The summed E-state index contributed by atoms with van der Waals surface area (Å²) in [5.74, 6) is 1.69. The van der Waals surface area contributed by atoms with Crippen LogP contribution < -0.4 is 10.1 Å². The van der Waals surface area contributed by atoms with Crippen molar-refractivity contribution in [3.8, 4) is 5.75 Å². The summed E-state index contributed by atoms with van der Waals surface area (Å²) in [6.45, 7) is 5.27. The van der Waals surface area contributed by atoms with Gasteiger partial charge in [-0.2, -0.15) is 0 Å². The van der Waals surface area contributed by atoms with Crippen molar-refractivity contribution in [2.75, 3.05) is 13.7 Å². The standard InChI is InChI=1S/C16H23NO/c1-12(2)8-9-17-14-10-13(11-14)15-6-4-5-7-16(15)18-3/h4-8,13-14,17H,9-11H2,1-3H3. The van der Waals surface area contributed by atoms with Gasteiger partial charge in [-0.25, -0.2) is 0 Å². The average molecular weight is 245 g/mol. The van der Waals surface area contributed by atoms with Gasteiger partial charge in [0, 0.05) is 12.6 Å². The zero-order valence-corrected chi connectivity index (χ0v) is 11.6. The van der Waals surface area contributed by atoms with Crippen molar-refractivity contribution >= 4 is 0 Å². The fourth-order valence-corrected chi connectivity index (χ4v) is 2.47. The summed E-state index contributed by atoms with van der Waals surface area (Å²) in [6.07, 6.45) is 4.68. The molecule has 1 aromatic rings. The molecule has 2 rings (SSSR count). The highest BCUT2D eigenvalue weighted by atomic mass is 16.5. The van der Waals surface area contributed by atoms with E-state index >= 15 is 0 Å². The van der Waals surface area contributed by atoms with Gasteiger partial charge in [-0.3, -0.25) is 0 Å². The lowest BCUT2D eigenvalue weighted by molar-refractivity contribution is 0.291. The molecule has 0 heterocycles. The number of methoxy groups -OCH3 is 1. The van der Waals surface area contributed by atoms with Gasteiger partial charge in [0.15, 0.2) is 0 Å². The van der Waals surface area contributed by atoms with Crippen LogP contribution in [-0.2, 0) is 0 Å². The first-order valence-electron chi connectivity index (χ1n) is 6.70. The Labute approximate surface area is 110 Å². The van der Waals surface area contributed by atoms with Crippen molar-refractivity contribution in [3.05, 3.63) is 41.5 Å². The molecular formula is C16H23NO. The molecule has 0 saturated heterocycles. The van der Waals surface area contributed by atoms with E-state index in [-0.39, 0.29) is 0 Å². The minimum Gasteiger partial charge on any atom is -0.496 e. The minimum atomic E-state index is 0.658. The predicted octanol–water partition coefficient (Wildman–Crippen LogP) is 3.50. The Bertz CT molecular complexity index is 415. The molecule has 1 saturated carbocycles. The third-order valence-corrected chi connectivity index (χ3v) is 3.63. The number of nitrogens with one attached hydrogen (secondary N) is 1. The van der Waals surface area contributed by atoms with Crippen molar-refractivity contribution in [3.63, 3.8) is 0 Å². The second-order valence-corrected chi connectivity index (χ2v) is 5.30. The van der Waals surface area contributed by atoms with Crippen LogP contribution in [0.4, 0.5) is 0 Å². The van der Waals surface area contributed by atoms with Crippen molar-refractivity contribution in [1.29, 1.82) is 0 Å². The molecule has 98 valence electrons. The third-order valence-electron chi connectivity index (χ3n) is 3.63. The first kappa shape index (κ1) is 13.2.